The summed E-state index contributed by atoms with van der Waals surface area (Å²) in [6.07, 6.45) is 0. The van der Waals surface area contributed by atoms with E-state index in [9.17, 15) is 9.18 Å². The molecule has 2 rings (SSSR count). The minimum Gasteiger partial charge on any atom is -0.399 e. The topological polar surface area (TPSA) is 69.1 Å². The summed E-state index contributed by atoms with van der Waals surface area (Å²) in [4.78, 5) is 12.2. The molecule has 0 spiro atoms. The fourth-order valence-corrected chi connectivity index (χ4v) is 2.14. The molecular formula is C13H9BrClFN2O. The largest absolute Gasteiger partial charge is 0.399 e. The van der Waals surface area contributed by atoms with Gasteiger partial charge in [0, 0.05) is 21.4 Å². The van der Waals surface area contributed by atoms with E-state index in [1.165, 1.54) is 24.3 Å². The third-order valence-corrected chi connectivity index (χ3v) is 3.69. The molecule has 98 valence electrons. The van der Waals surface area contributed by atoms with Gasteiger partial charge in [0.2, 0.25) is 0 Å². The number of carbonyl (C=O) groups is 1. The molecular weight excluding hydrogens is 335 g/mol. The van der Waals surface area contributed by atoms with Gasteiger partial charge in [-0.25, -0.2) is 4.39 Å². The van der Waals surface area contributed by atoms with E-state index >= 15 is 0 Å². The third-order valence-electron chi connectivity index (χ3n) is 2.49. The summed E-state index contributed by atoms with van der Waals surface area (Å²) in [6, 6.07) is 6.80. The highest BCUT2D eigenvalue weighted by Crippen LogP contribution is 2.27. The maximum Gasteiger partial charge on any atom is 0.196 e. The Kier molecular flexibility index (Phi) is 3.78. The van der Waals surface area contributed by atoms with E-state index in [1.54, 1.807) is 0 Å². The first-order valence-electron chi connectivity index (χ1n) is 5.24. The Morgan fingerprint density at radius 1 is 1.11 bits per heavy atom. The second kappa shape index (κ2) is 5.19. The zero-order valence-electron chi connectivity index (χ0n) is 9.58. The van der Waals surface area contributed by atoms with Gasteiger partial charge in [-0.3, -0.25) is 4.79 Å². The lowest BCUT2D eigenvalue weighted by molar-refractivity contribution is 0.103. The number of carbonyl (C=O) groups excluding carboxylic acids is 1. The van der Waals surface area contributed by atoms with Crippen LogP contribution in [0.1, 0.15) is 15.9 Å². The van der Waals surface area contributed by atoms with Crippen LogP contribution in [0.3, 0.4) is 0 Å². The van der Waals surface area contributed by atoms with Gasteiger partial charge in [0.05, 0.1) is 10.6 Å². The molecule has 0 aromatic heterocycles. The van der Waals surface area contributed by atoms with Crippen molar-refractivity contribution < 1.29 is 9.18 Å². The maximum atomic E-state index is 13.8. The molecule has 0 aliphatic carbocycles. The van der Waals surface area contributed by atoms with Crippen LogP contribution in [0.5, 0.6) is 0 Å². The van der Waals surface area contributed by atoms with Gasteiger partial charge >= 0.3 is 0 Å². The Hall–Kier alpha value is -1.59. The summed E-state index contributed by atoms with van der Waals surface area (Å²) in [5, 5.41) is 0.252. The lowest BCUT2D eigenvalue weighted by Gasteiger charge is -2.07. The van der Waals surface area contributed by atoms with Crippen molar-refractivity contribution in [3.63, 3.8) is 0 Å². The molecule has 0 atom stereocenters. The standard InChI is InChI=1S/C13H9BrClFN2O/c14-10-5-12(16)9(4-11(10)15)13(19)6-1-7(17)3-8(18)2-6/h1-5H,17-18H2. The van der Waals surface area contributed by atoms with E-state index in [4.69, 9.17) is 23.1 Å². The molecule has 0 bridgehead atoms. The molecule has 0 heterocycles. The van der Waals surface area contributed by atoms with Crippen molar-refractivity contribution in [1.82, 2.24) is 0 Å². The number of hydrogen-bond acceptors (Lipinski definition) is 3. The molecule has 2 aromatic carbocycles. The Bertz CT molecular complexity index is 656. The number of ketones is 1. The van der Waals surface area contributed by atoms with Crippen molar-refractivity contribution in [3.8, 4) is 0 Å². The quantitative estimate of drug-likeness (QED) is 0.497. The first kappa shape index (κ1) is 13.8. The summed E-state index contributed by atoms with van der Waals surface area (Å²) >= 11 is 8.95. The number of hydrogen-bond donors (Lipinski definition) is 2. The van der Waals surface area contributed by atoms with Crippen molar-refractivity contribution in [2.75, 3.05) is 11.5 Å². The SMILES string of the molecule is Nc1cc(N)cc(C(=O)c2cc(Cl)c(Br)cc2F)c1. The number of anilines is 2. The van der Waals surface area contributed by atoms with Gasteiger partial charge in [-0.15, -0.1) is 0 Å². The fraction of sp³-hybridized carbons (Fsp3) is 0. The molecule has 4 N–H and O–H groups in total. The van der Waals surface area contributed by atoms with Crippen molar-refractivity contribution in [2.24, 2.45) is 0 Å². The number of benzene rings is 2. The van der Waals surface area contributed by atoms with E-state index in [2.05, 4.69) is 15.9 Å². The molecule has 2 aromatic rings. The summed E-state index contributed by atoms with van der Waals surface area (Å²) < 4.78 is 14.2. The van der Waals surface area contributed by atoms with E-state index < -0.39 is 11.6 Å². The van der Waals surface area contributed by atoms with Gasteiger partial charge in [0.15, 0.2) is 5.78 Å². The van der Waals surface area contributed by atoms with Crippen LogP contribution in [0.2, 0.25) is 5.02 Å². The zero-order chi connectivity index (χ0) is 14.2. The highest BCUT2D eigenvalue weighted by atomic mass is 79.9. The molecule has 0 aliphatic heterocycles. The summed E-state index contributed by atoms with van der Waals surface area (Å²) in [5.41, 5.74) is 12.0. The fourth-order valence-electron chi connectivity index (χ4n) is 1.66. The minimum atomic E-state index is -0.665. The Morgan fingerprint density at radius 3 is 2.26 bits per heavy atom. The predicted molar refractivity (Wildman–Crippen MR) is 77.8 cm³/mol. The van der Waals surface area contributed by atoms with Crippen LogP contribution in [0.15, 0.2) is 34.8 Å². The van der Waals surface area contributed by atoms with Gasteiger partial charge in [0.25, 0.3) is 0 Å². The summed E-state index contributed by atoms with van der Waals surface area (Å²) in [7, 11) is 0. The molecule has 0 amide bonds. The van der Waals surface area contributed by atoms with Gasteiger partial charge in [0.1, 0.15) is 5.82 Å². The first-order chi connectivity index (χ1) is 8.88. The van der Waals surface area contributed by atoms with Crippen LogP contribution in [-0.2, 0) is 0 Å². The predicted octanol–water partition coefficient (Wildman–Crippen LogP) is 3.64. The molecule has 0 saturated carbocycles. The molecule has 0 unspecified atom stereocenters. The van der Waals surface area contributed by atoms with Crippen LogP contribution in [0.25, 0.3) is 0 Å². The maximum absolute atomic E-state index is 13.8. The minimum absolute atomic E-state index is 0.127. The normalized spacial score (nSPS) is 10.5. The Balaban J connectivity index is 2.53. The van der Waals surface area contributed by atoms with Crippen LogP contribution in [-0.4, -0.2) is 5.78 Å². The highest BCUT2D eigenvalue weighted by Gasteiger charge is 2.17. The summed E-state index contributed by atoms with van der Waals surface area (Å²) in [5.74, 6) is -1.19. The van der Waals surface area contributed by atoms with Crippen molar-refractivity contribution in [1.29, 1.82) is 0 Å². The molecule has 0 fully saturated rings. The number of rotatable bonds is 2. The lowest BCUT2D eigenvalue weighted by Crippen LogP contribution is -2.06. The van der Waals surface area contributed by atoms with Crippen LogP contribution < -0.4 is 11.5 Å². The number of halogens is 3. The first-order valence-corrected chi connectivity index (χ1v) is 6.41. The average molecular weight is 344 g/mol. The summed E-state index contributed by atoms with van der Waals surface area (Å²) in [6.45, 7) is 0. The van der Waals surface area contributed by atoms with Crippen molar-refractivity contribution >= 4 is 44.7 Å². The van der Waals surface area contributed by atoms with E-state index in [-0.39, 0.29) is 16.1 Å². The second-order valence-corrected chi connectivity index (χ2v) is 5.23. The van der Waals surface area contributed by atoms with Gasteiger partial charge in [-0.2, -0.15) is 0 Å². The van der Waals surface area contributed by atoms with Crippen LogP contribution in [0.4, 0.5) is 15.8 Å². The molecule has 0 radical (unpaired) electrons. The zero-order valence-corrected chi connectivity index (χ0v) is 11.9. The Morgan fingerprint density at radius 2 is 1.68 bits per heavy atom. The van der Waals surface area contributed by atoms with E-state index in [0.717, 1.165) is 6.07 Å². The molecule has 6 heteroatoms. The molecule has 19 heavy (non-hydrogen) atoms. The van der Waals surface area contributed by atoms with E-state index in [1.807, 2.05) is 0 Å². The van der Waals surface area contributed by atoms with Gasteiger partial charge in [-0.05, 0) is 46.3 Å². The lowest BCUT2D eigenvalue weighted by atomic mass is 10.0. The van der Waals surface area contributed by atoms with Crippen LogP contribution in [0, 0.1) is 5.82 Å². The smallest absolute Gasteiger partial charge is 0.196 e. The van der Waals surface area contributed by atoms with Crippen LogP contribution >= 0.6 is 27.5 Å². The van der Waals surface area contributed by atoms with Crippen molar-refractivity contribution in [2.45, 2.75) is 0 Å². The average Bonchev–Trinajstić information content (AvgIpc) is 2.31. The monoisotopic (exact) mass is 342 g/mol. The van der Waals surface area contributed by atoms with Gasteiger partial charge in [-0.1, -0.05) is 11.6 Å². The Labute approximate surface area is 122 Å². The number of nitrogens with two attached hydrogens (primary N) is 2. The second-order valence-electron chi connectivity index (χ2n) is 3.96. The van der Waals surface area contributed by atoms with Gasteiger partial charge < -0.3 is 11.5 Å². The molecule has 0 aliphatic rings. The van der Waals surface area contributed by atoms with Crippen molar-refractivity contribution in [3.05, 3.63) is 56.8 Å². The number of nitrogen functional groups attached to an aromatic ring is 2. The molecule has 0 saturated heterocycles. The van der Waals surface area contributed by atoms with E-state index in [0.29, 0.717) is 15.8 Å². The highest BCUT2D eigenvalue weighted by molar-refractivity contribution is 9.10. The molecule has 3 nitrogen and oxygen atoms in total. The third kappa shape index (κ3) is 2.88.